The molecule has 0 radical (unpaired) electrons. The Morgan fingerprint density at radius 3 is 2.78 bits per heavy atom. The Labute approximate surface area is 158 Å². The number of hydrogen-bond acceptors (Lipinski definition) is 5. The largest absolute Gasteiger partial charge is 0.478 e. The van der Waals surface area contributed by atoms with Crippen molar-refractivity contribution >= 4 is 39.2 Å². The van der Waals surface area contributed by atoms with Crippen LogP contribution in [0.5, 0.6) is 0 Å². The van der Waals surface area contributed by atoms with E-state index in [9.17, 15) is 10.1 Å². The summed E-state index contributed by atoms with van der Waals surface area (Å²) in [6.07, 6.45) is 1.64. The highest BCUT2D eigenvalue weighted by Crippen LogP contribution is 2.29. The van der Waals surface area contributed by atoms with E-state index < -0.39 is 5.97 Å². The summed E-state index contributed by atoms with van der Waals surface area (Å²) in [5, 5.41) is 19.3. The molecule has 0 aliphatic heterocycles. The molecule has 0 aliphatic rings. The molecule has 2 aromatic carbocycles. The van der Waals surface area contributed by atoms with Gasteiger partial charge in [-0.2, -0.15) is 5.26 Å². The maximum absolute atomic E-state index is 11.1. The Hall–Kier alpha value is -3.69. The monoisotopic (exact) mass is 372 g/mol. The lowest BCUT2D eigenvalue weighted by Gasteiger charge is -1.99. The smallest absolute Gasteiger partial charge is 0.335 e. The van der Waals surface area contributed by atoms with E-state index >= 15 is 0 Å². The van der Waals surface area contributed by atoms with Gasteiger partial charge in [-0.1, -0.05) is 24.3 Å². The first-order valence-electron chi connectivity index (χ1n) is 8.05. The van der Waals surface area contributed by atoms with Crippen molar-refractivity contribution < 1.29 is 14.3 Å². The lowest BCUT2D eigenvalue weighted by atomic mass is 10.1. The summed E-state index contributed by atoms with van der Waals surface area (Å²) in [4.78, 5) is 15.6. The van der Waals surface area contributed by atoms with Gasteiger partial charge in [0.2, 0.25) is 0 Å². The lowest BCUT2D eigenvalue weighted by molar-refractivity contribution is 0.0697. The molecule has 1 N–H and O–H groups in total. The van der Waals surface area contributed by atoms with Gasteiger partial charge in [-0.15, -0.1) is 11.3 Å². The molecule has 0 saturated carbocycles. The van der Waals surface area contributed by atoms with E-state index in [-0.39, 0.29) is 5.56 Å². The first-order chi connectivity index (χ1) is 13.1. The molecule has 0 saturated heterocycles. The second-order valence-corrected chi connectivity index (χ2v) is 6.78. The Kier molecular flexibility index (Phi) is 4.29. The van der Waals surface area contributed by atoms with Gasteiger partial charge < -0.3 is 9.52 Å². The van der Waals surface area contributed by atoms with Gasteiger partial charge in [0.25, 0.3) is 0 Å². The third kappa shape index (κ3) is 3.36. The molecule has 5 nitrogen and oxygen atoms in total. The third-order valence-electron chi connectivity index (χ3n) is 3.95. The standard InChI is InChI=1S/C21H12N2O3S/c22-12-15(20-23-17-6-1-2-7-19(17)27-20)11-16-8-9-18(26-16)13-4-3-5-14(10-13)21(24)25/h1-11H,(H,24,25). The first kappa shape index (κ1) is 16.8. The van der Waals surface area contributed by atoms with Crippen molar-refractivity contribution in [1.29, 1.82) is 5.26 Å². The predicted molar refractivity (Wildman–Crippen MR) is 104 cm³/mol. The van der Waals surface area contributed by atoms with Gasteiger partial charge in [0.05, 0.1) is 21.4 Å². The molecular weight excluding hydrogens is 360 g/mol. The number of thiazole rings is 1. The highest BCUT2D eigenvalue weighted by Gasteiger charge is 2.11. The summed E-state index contributed by atoms with van der Waals surface area (Å²) in [6, 6.07) is 19.9. The Morgan fingerprint density at radius 2 is 2.00 bits per heavy atom. The van der Waals surface area contributed by atoms with Crippen LogP contribution in [0.25, 0.3) is 33.2 Å². The van der Waals surface area contributed by atoms with Crippen LogP contribution in [0.2, 0.25) is 0 Å². The minimum absolute atomic E-state index is 0.188. The highest BCUT2D eigenvalue weighted by molar-refractivity contribution is 7.19. The quantitative estimate of drug-likeness (QED) is 0.490. The van der Waals surface area contributed by atoms with Crippen LogP contribution in [-0.2, 0) is 0 Å². The number of rotatable bonds is 4. The molecule has 0 bridgehead atoms. The molecule has 6 heteroatoms. The molecule has 0 fully saturated rings. The SMILES string of the molecule is N#CC(=Cc1ccc(-c2cccc(C(=O)O)c2)o1)c1nc2ccccc2s1. The van der Waals surface area contributed by atoms with Gasteiger partial charge in [-0.3, -0.25) is 0 Å². The molecule has 130 valence electrons. The number of benzene rings is 2. The Bertz CT molecular complexity index is 1190. The molecule has 2 aromatic heterocycles. The van der Waals surface area contributed by atoms with Crippen LogP contribution in [0.15, 0.2) is 65.1 Å². The van der Waals surface area contributed by atoms with Crippen LogP contribution in [0.4, 0.5) is 0 Å². The van der Waals surface area contributed by atoms with Crippen LogP contribution in [-0.4, -0.2) is 16.1 Å². The molecule has 0 atom stereocenters. The van der Waals surface area contributed by atoms with E-state index in [1.807, 2.05) is 24.3 Å². The van der Waals surface area contributed by atoms with Gasteiger partial charge in [0.15, 0.2) is 0 Å². The Balaban J connectivity index is 1.68. The number of nitriles is 1. The van der Waals surface area contributed by atoms with Crippen molar-refractivity contribution in [3.05, 3.63) is 77.0 Å². The van der Waals surface area contributed by atoms with Crippen LogP contribution in [0.1, 0.15) is 21.1 Å². The fourth-order valence-electron chi connectivity index (χ4n) is 2.66. The fraction of sp³-hybridized carbons (Fsp3) is 0. The third-order valence-corrected chi connectivity index (χ3v) is 5.02. The number of fused-ring (bicyclic) bond motifs is 1. The van der Waals surface area contributed by atoms with Gasteiger partial charge in [-0.05, 0) is 36.4 Å². The summed E-state index contributed by atoms with van der Waals surface area (Å²) in [7, 11) is 0. The van der Waals surface area contributed by atoms with Crippen LogP contribution in [0, 0.1) is 11.3 Å². The lowest BCUT2D eigenvalue weighted by Crippen LogP contribution is -1.95. The maximum atomic E-state index is 11.1. The zero-order chi connectivity index (χ0) is 18.8. The van der Waals surface area contributed by atoms with E-state index in [1.54, 1.807) is 36.4 Å². The number of aromatic nitrogens is 1. The van der Waals surface area contributed by atoms with Crippen molar-refractivity contribution in [3.63, 3.8) is 0 Å². The number of carboxylic acids is 1. The van der Waals surface area contributed by atoms with Crippen molar-refractivity contribution in [2.45, 2.75) is 0 Å². The molecule has 0 amide bonds. The highest BCUT2D eigenvalue weighted by atomic mass is 32.1. The molecule has 0 unspecified atom stereocenters. The normalized spacial score (nSPS) is 11.4. The van der Waals surface area contributed by atoms with E-state index in [4.69, 9.17) is 9.52 Å². The van der Waals surface area contributed by atoms with E-state index in [0.29, 0.717) is 27.7 Å². The maximum Gasteiger partial charge on any atom is 0.335 e. The average molecular weight is 372 g/mol. The molecular formula is C21H12N2O3S. The number of allylic oxidation sites excluding steroid dienone is 1. The van der Waals surface area contributed by atoms with Gasteiger partial charge in [0.1, 0.15) is 22.6 Å². The van der Waals surface area contributed by atoms with Crippen LogP contribution in [0.3, 0.4) is 0 Å². The number of hydrogen-bond donors (Lipinski definition) is 1. The number of nitrogens with zero attached hydrogens (tertiary/aromatic N) is 2. The second-order valence-electron chi connectivity index (χ2n) is 5.74. The molecule has 4 aromatic rings. The zero-order valence-corrected chi connectivity index (χ0v) is 14.7. The number of aromatic carboxylic acids is 1. The number of para-hydroxylation sites is 1. The molecule has 0 spiro atoms. The van der Waals surface area contributed by atoms with E-state index in [1.165, 1.54) is 17.4 Å². The number of carboxylic acid groups (broad SMARTS) is 1. The summed E-state index contributed by atoms with van der Waals surface area (Å²) >= 11 is 1.45. The summed E-state index contributed by atoms with van der Waals surface area (Å²) in [5.74, 6) is 0.0404. The van der Waals surface area contributed by atoms with Crippen molar-refractivity contribution in [1.82, 2.24) is 4.98 Å². The molecule has 2 heterocycles. The minimum Gasteiger partial charge on any atom is -0.478 e. The zero-order valence-electron chi connectivity index (χ0n) is 13.9. The predicted octanol–water partition coefficient (Wildman–Crippen LogP) is 5.32. The second kappa shape index (κ2) is 6.90. The van der Waals surface area contributed by atoms with Gasteiger partial charge in [-0.25, -0.2) is 9.78 Å². The molecule has 27 heavy (non-hydrogen) atoms. The van der Waals surface area contributed by atoms with Crippen molar-refractivity contribution in [2.24, 2.45) is 0 Å². The summed E-state index contributed by atoms with van der Waals surface area (Å²) in [5.41, 5.74) is 2.11. The van der Waals surface area contributed by atoms with Crippen molar-refractivity contribution in [3.8, 4) is 17.4 Å². The Morgan fingerprint density at radius 1 is 1.15 bits per heavy atom. The van der Waals surface area contributed by atoms with Crippen LogP contribution >= 0.6 is 11.3 Å². The van der Waals surface area contributed by atoms with Crippen LogP contribution < -0.4 is 0 Å². The van der Waals surface area contributed by atoms with E-state index in [0.717, 1.165) is 10.2 Å². The molecule has 4 rings (SSSR count). The average Bonchev–Trinajstić information content (AvgIpc) is 3.33. The molecule has 0 aliphatic carbocycles. The summed E-state index contributed by atoms with van der Waals surface area (Å²) < 4.78 is 6.80. The number of carbonyl (C=O) groups is 1. The van der Waals surface area contributed by atoms with Crippen molar-refractivity contribution in [2.75, 3.05) is 0 Å². The summed E-state index contributed by atoms with van der Waals surface area (Å²) in [6.45, 7) is 0. The van der Waals surface area contributed by atoms with Gasteiger partial charge in [0, 0.05) is 11.6 Å². The fourth-order valence-corrected chi connectivity index (χ4v) is 3.59. The minimum atomic E-state index is -0.994. The van der Waals surface area contributed by atoms with Gasteiger partial charge >= 0.3 is 5.97 Å². The first-order valence-corrected chi connectivity index (χ1v) is 8.87. The number of furan rings is 1. The topological polar surface area (TPSA) is 87.1 Å². The van der Waals surface area contributed by atoms with E-state index in [2.05, 4.69) is 11.1 Å².